The van der Waals surface area contributed by atoms with E-state index in [0.29, 0.717) is 11.8 Å². The van der Waals surface area contributed by atoms with E-state index in [1.807, 2.05) is 24.3 Å². The van der Waals surface area contributed by atoms with E-state index in [4.69, 9.17) is 4.74 Å². The van der Waals surface area contributed by atoms with E-state index >= 15 is 0 Å². The minimum absolute atomic E-state index is 0.381. The predicted octanol–water partition coefficient (Wildman–Crippen LogP) is 4.42. The van der Waals surface area contributed by atoms with Crippen LogP contribution in [-0.2, 0) is 6.54 Å². The molecule has 2 aromatic rings. The molecule has 0 saturated carbocycles. The van der Waals surface area contributed by atoms with Gasteiger partial charge in [0.15, 0.2) is 0 Å². The predicted molar refractivity (Wildman–Crippen MR) is 87.0 cm³/mol. The summed E-state index contributed by atoms with van der Waals surface area (Å²) in [5.41, 5.74) is 3.45. The van der Waals surface area contributed by atoms with Gasteiger partial charge in [-0.05, 0) is 48.7 Å². The van der Waals surface area contributed by atoms with Gasteiger partial charge in [0.25, 0.3) is 0 Å². The van der Waals surface area contributed by atoms with Gasteiger partial charge in [0, 0.05) is 18.3 Å². The second-order valence-corrected chi connectivity index (χ2v) is 5.59. The molecule has 3 heteroatoms. The van der Waals surface area contributed by atoms with Crippen LogP contribution in [0.5, 0.6) is 11.6 Å². The van der Waals surface area contributed by atoms with Gasteiger partial charge in [-0.3, -0.25) is 0 Å². The Balaban J connectivity index is 2.26. The highest BCUT2D eigenvalue weighted by atomic mass is 16.5. The molecular formula is C18H24N2O. The first kappa shape index (κ1) is 15.5. The molecule has 0 aliphatic carbocycles. The molecule has 0 saturated heterocycles. The Bertz CT molecular complexity index is 594. The molecule has 0 aliphatic rings. The summed E-state index contributed by atoms with van der Waals surface area (Å²) < 4.78 is 5.93. The molecule has 0 fully saturated rings. The van der Waals surface area contributed by atoms with E-state index in [9.17, 15) is 0 Å². The minimum atomic E-state index is 0.381. The van der Waals surface area contributed by atoms with Crippen molar-refractivity contribution < 1.29 is 4.74 Å². The van der Waals surface area contributed by atoms with Crippen LogP contribution in [-0.4, -0.2) is 11.5 Å². The quantitative estimate of drug-likeness (QED) is 0.853. The zero-order valence-electron chi connectivity index (χ0n) is 13.3. The van der Waals surface area contributed by atoms with Crippen molar-refractivity contribution in [1.29, 1.82) is 0 Å². The summed E-state index contributed by atoms with van der Waals surface area (Å²) >= 11 is 0. The smallest absolute Gasteiger partial charge is 0.219 e. The van der Waals surface area contributed by atoms with Gasteiger partial charge in [0.2, 0.25) is 5.88 Å². The Morgan fingerprint density at radius 2 is 2.00 bits per heavy atom. The van der Waals surface area contributed by atoms with Gasteiger partial charge in [-0.15, -0.1) is 0 Å². The number of rotatable bonds is 6. The van der Waals surface area contributed by atoms with Gasteiger partial charge in [0.05, 0.1) is 0 Å². The van der Waals surface area contributed by atoms with Crippen molar-refractivity contribution in [2.24, 2.45) is 0 Å². The van der Waals surface area contributed by atoms with Crippen LogP contribution in [0.2, 0.25) is 0 Å². The van der Waals surface area contributed by atoms with Gasteiger partial charge < -0.3 is 10.1 Å². The van der Waals surface area contributed by atoms with E-state index in [-0.39, 0.29) is 0 Å². The van der Waals surface area contributed by atoms with Crippen LogP contribution in [0.15, 0.2) is 36.4 Å². The standard InChI is InChI=1S/C18H24N2O/c1-5-19-12-15-10-17(13(2)3)20-18(11-15)21-16-8-6-7-14(4)9-16/h6-11,13,19H,5,12H2,1-4H3. The highest BCUT2D eigenvalue weighted by Gasteiger charge is 2.08. The average molecular weight is 284 g/mol. The second-order valence-electron chi connectivity index (χ2n) is 5.59. The Hall–Kier alpha value is -1.87. The first-order chi connectivity index (χ1) is 10.1. The van der Waals surface area contributed by atoms with Gasteiger partial charge in [0.1, 0.15) is 5.75 Å². The van der Waals surface area contributed by atoms with Crippen LogP contribution in [0.1, 0.15) is 43.5 Å². The molecule has 0 radical (unpaired) electrons. The third kappa shape index (κ3) is 4.57. The fourth-order valence-electron chi connectivity index (χ4n) is 2.10. The second kappa shape index (κ2) is 7.23. The maximum absolute atomic E-state index is 5.93. The lowest BCUT2D eigenvalue weighted by Crippen LogP contribution is -2.12. The molecule has 112 valence electrons. The number of aromatic nitrogens is 1. The van der Waals surface area contributed by atoms with Crippen molar-refractivity contribution >= 4 is 0 Å². The Morgan fingerprint density at radius 3 is 2.67 bits per heavy atom. The third-order valence-corrected chi connectivity index (χ3v) is 3.26. The van der Waals surface area contributed by atoms with Crippen LogP contribution in [0.3, 0.4) is 0 Å². The highest BCUT2D eigenvalue weighted by molar-refractivity contribution is 5.33. The maximum Gasteiger partial charge on any atom is 0.219 e. The number of aryl methyl sites for hydroxylation is 1. The molecule has 21 heavy (non-hydrogen) atoms. The van der Waals surface area contributed by atoms with Crippen LogP contribution in [0.25, 0.3) is 0 Å². The van der Waals surface area contributed by atoms with E-state index in [2.05, 4.69) is 50.1 Å². The molecule has 1 aromatic heterocycles. The van der Waals surface area contributed by atoms with Gasteiger partial charge in [-0.1, -0.05) is 32.9 Å². The number of hydrogen-bond donors (Lipinski definition) is 1. The molecule has 1 heterocycles. The number of nitrogens with zero attached hydrogens (tertiary/aromatic N) is 1. The van der Waals surface area contributed by atoms with Crippen LogP contribution >= 0.6 is 0 Å². The van der Waals surface area contributed by atoms with E-state index in [1.165, 1.54) is 11.1 Å². The van der Waals surface area contributed by atoms with Gasteiger partial charge in [-0.25, -0.2) is 4.98 Å². The summed E-state index contributed by atoms with van der Waals surface area (Å²) in [6, 6.07) is 12.2. The molecule has 0 atom stereocenters. The Kier molecular flexibility index (Phi) is 5.34. The lowest BCUT2D eigenvalue weighted by molar-refractivity contribution is 0.458. The molecule has 2 rings (SSSR count). The largest absolute Gasteiger partial charge is 0.439 e. The molecule has 0 bridgehead atoms. The molecule has 1 aromatic carbocycles. The molecule has 1 N–H and O–H groups in total. The molecular weight excluding hydrogens is 260 g/mol. The van der Waals surface area contributed by atoms with Crippen molar-refractivity contribution in [3.8, 4) is 11.6 Å². The molecule has 0 spiro atoms. The number of nitrogens with one attached hydrogen (secondary N) is 1. The summed E-state index contributed by atoms with van der Waals surface area (Å²) in [4.78, 5) is 4.62. The molecule has 0 amide bonds. The van der Waals surface area contributed by atoms with Crippen molar-refractivity contribution in [2.75, 3.05) is 6.54 Å². The number of benzene rings is 1. The van der Waals surface area contributed by atoms with Crippen molar-refractivity contribution in [2.45, 2.75) is 40.2 Å². The third-order valence-electron chi connectivity index (χ3n) is 3.26. The van der Waals surface area contributed by atoms with Gasteiger partial charge in [-0.2, -0.15) is 0 Å². The van der Waals surface area contributed by atoms with Crippen LogP contribution in [0, 0.1) is 6.92 Å². The molecule has 3 nitrogen and oxygen atoms in total. The lowest BCUT2D eigenvalue weighted by atomic mass is 10.1. The fraction of sp³-hybridized carbons (Fsp3) is 0.389. The summed E-state index contributed by atoms with van der Waals surface area (Å²) in [7, 11) is 0. The number of ether oxygens (including phenoxy) is 1. The zero-order valence-corrected chi connectivity index (χ0v) is 13.3. The first-order valence-corrected chi connectivity index (χ1v) is 7.54. The van der Waals surface area contributed by atoms with E-state index in [1.54, 1.807) is 0 Å². The SMILES string of the molecule is CCNCc1cc(Oc2cccc(C)c2)nc(C(C)C)c1. The summed E-state index contributed by atoms with van der Waals surface area (Å²) in [6.07, 6.45) is 0. The van der Waals surface area contributed by atoms with E-state index in [0.717, 1.165) is 24.5 Å². The first-order valence-electron chi connectivity index (χ1n) is 7.54. The zero-order chi connectivity index (χ0) is 15.2. The van der Waals surface area contributed by atoms with E-state index < -0.39 is 0 Å². The normalized spacial score (nSPS) is 10.9. The monoisotopic (exact) mass is 284 g/mol. The fourth-order valence-corrected chi connectivity index (χ4v) is 2.10. The Morgan fingerprint density at radius 1 is 1.19 bits per heavy atom. The molecule has 0 aliphatic heterocycles. The Labute approximate surface area is 127 Å². The summed E-state index contributed by atoms with van der Waals surface area (Å²) in [6.45, 7) is 10.2. The van der Waals surface area contributed by atoms with Gasteiger partial charge >= 0.3 is 0 Å². The van der Waals surface area contributed by atoms with Crippen LogP contribution in [0.4, 0.5) is 0 Å². The summed E-state index contributed by atoms with van der Waals surface area (Å²) in [5.74, 6) is 1.88. The highest BCUT2D eigenvalue weighted by Crippen LogP contribution is 2.24. The summed E-state index contributed by atoms with van der Waals surface area (Å²) in [5, 5.41) is 3.35. The van der Waals surface area contributed by atoms with Crippen molar-refractivity contribution in [3.63, 3.8) is 0 Å². The van der Waals surface area contributed by atoms with Crippen LogP contribution < -0.4 is 10.1 Å². The van der Waals surface area contributed by atoms with Crippen molar-refractivity contribution in [3.05, 3.63) is 53.2 Å². The number of pyridine rings is 1. The lowest BCUT2D eigenvalue weighted by Gasteiger charge is -2.12. The average Bonchev–Trinajstić information content (AvgIpc) is 2.45. The minimum Gasteiger partial charge on any atom is -0.439 e. The van der Waals surface area contributed by atoms with Crippen molar-refractivity contribution in [1.82, 2.24) is 10.3 Å². The molecule has 0 unspecified atom stereocenters. The topological polar surface area (TPSA) is 34.1 Å². The maximum atomic E-state index is 5.93. The number of hydrogen-bond acceptors (Lipinski definition) is 3.